The third-order valence-corrected chi connectivity index (χ3v) is 5.55. The Labute approximate surface area is 167 Å². The summed E-state index contributed by atoms with van der Waals surface area (Å²) in [6.45, 7) is 6.21. The molecule has 1 heterocycles. The summed E-state index contributed by atoms with van der Waals surface area (Å²) in [5.74, 6) is -0.532. The van der Waals surface area contributed by atoms with E-state index in [1.165, 1.54) is 40.7 Å². The number of hydrogen-bond acceptors (Lipinski definition) is 5. The van der Waals surface area contributed by atoms with Crippen LogP contribution in [0.1, 0.15) is 39.7 Å². The zero-order chi connectivity index (χ0) is 20.3. The number of hydrogen-bond donors (Lipinski definition) is 1. The fourth-order valence-electron chi connectivity index (χ4n) is 2.91. The SMILES string of the molecule is CCCc1sc(NC(=O)c2ccccc2[N+](=O)[O-])nc1-c1ccc(C)c(C)c1. The Kier molecular flexibility index (Phi) is 5.84. The number of amides is 1. The number of para-hydroxylation sites is 1. The molecule has 3 rings (SSSR count). The van der Waals surface area contributed by atoms with Crippen LogP contribution in [0, 0.1) is 24.0 Å². The van der Waals surface area contributed by atoms with Gasteiger partial charge in [-0.3, -0.25) is 20.2 Å². The van der Waals surface area contributed by atoms with Crippen molar-refractivity contribution in [2.45, 2.75) is 33.6 Å². The molecule has 0 unspecified atom stereocenters. The molecule has 0 aliphatic heterocycles. The zero-order valence-corrected chi connectivity index (χ0v) is 16.8. The highest BCUT2D eigenvalue weighted by Gasteiger charge is 2.21. The Morgan fingerprint density at radius 2 is 1.93 bits per heavy atom. The molecule has 1 N–H and O–H groups in total. The minimum atomic E-state index is -0.556. The number of nitro benzene ring substituents is 1. The normalized spacial score (nSPS) is 10.7. The van der Waals surface area contributed by atoms with Crippen molar-refractivity contribution < 1.29 is 9.72 Å². The van der Waals surface area contributed by atoms with Crippen LogP contribution >= 0.6 is 11.3 Å². The Balaban J connectivity index is 1.94. The largest absolute Gasteiger partial charge is 0.298 e. The molecular weight excluding hydrogens is 374 g/mol. The topological polar surface area (TPSA) is 85.1 Å². The quantitative estimate of drug-likeness (QED) is 0.439. The van der Waals surface area contributed by atoms with Gasteiger partial charge in [0.2, 0.25) is 0 Å². The van der Waals surface area contributed by atoms with Crippen molar-refractivity contribution >= 4 is 28.1 Å². The molecular formula is C21H21N3O3S. The number of aromatic nitrogens is 1. The van der Waals surface area contributed by atoms with E-state index in [0.29, 0.717) is 5.13 Å². The first-order chi connectivity index (χ1) is 13.4. The molecule has 3 aromatic rings. The molecule has 0 aliphatic carbocycles. The van der Waals surface area contributed by atoms with Gasteiger partial charge in [0.05, 0.1) is 10.6 Å². The van der Waals surface area contributed by atoms with Gasteiger partial charge in [-0.15, -0.1) is 11.3 Å². The van der Waals surface area contributed by atoms with Crippen molar-refractivity contribution in [2.75, 3.05) is 5.32 Å². The molecule has 6 nitrogen and oxygen atoms in total. The maximum absolute atomic E-state index is 12.6. The molecule has 2 aromatic carbocycles. The van der Waals surface area contributed by atoms with E-state index in [1.807, 2.05) is 6.07 Å². The van der Waals surface area contributed by atoms with Crippen LogP contribution in [0.25, 0.3) is 11.3 Å². The minimum Gasteiger partial charge on any atom is -0.298 e. The number of nitro groups is 1. The molecule has 0 radical (unpaired) electrons. The van der Waals surface area contributed by atoms with E-state index in [-0.39, 0.29) is 11.3 Å². The lowest BCUT2D eigenvalue weighted by Gasteiger charge is -2.05. The van der Waals surface area contributed by atoms with E-state index in [9.17, 15) is 14.9 Å². The van der Waals surface area contributed by atoms with E-state index in [0.717, 1.165) is 29.0 Å². The van der Waals surface area contributed by atoms with E-state index in [4.69, 9.17) is 0 Å². The fourth-order valence-corrected chi connectivity index (χ4v) is 3.99. The molecule has 0 fully saturated rings. The van der Waals surface area contributed by atoms with Crippen LogP contribution in [0.4, 0.5) is 10.8 Å². The summed E-state index contributed by atoms with van der Waals surface area (Å²) < 4.78 is 0. The first-order valence-electron chi connectivity index (χ1n) is 9.02. The van der Waals surface area contributed by atoms with Crippen LogP contribution in [0.3, 0.4) is 0 Å². The molecule has 0 saturated heterocycles. The number of thiazole rings is 1. The maximum Gasteiger partial charge on any atom is 0.282 e. The summed E-state index contributed by atoms with van der Waals surface area (Å²) in [6, 6.07) is 12.1. The number of nitrogens with one attached hydrogen (secondary N) is 1. The first-order valence-corrected chi connectivity index (χ1v) is 9.84. The van der Waals surface area contributed by atoms with Gasteiger partial charge in [-0.25, -0.2) is 4.98 Å². The number of anilines is 1. The van der Waals surface area contributed by atoms with Gasteiger partial charge in [-0.2, -0.15) is 0 Å². The van der Waals surface area contributed by atoms with Gasteiger partial charge >= 0.3 is 0 Å². The third-order valence-electron chi connectivity index (χ3n) is 4.52. The van der Waals surface area contributed by atoms with E-state index in [1.54, 1.807) is 6.07 Å². The molecule has 0 spiro atoms. The van der Waals surface area contributed by atoms with Gasteiger partial charge in [0.25, 0.3) is 11.6 Å². The highest BCUT2D eigenvalue weighted by atomic mass is 32.1. The van der Waals surface area contributed by atoms with Gasteiger partial charge in [0.1, 0.15) is 5.56 Å². The molecule has 7 heteroatoms. The molecule has 0 saturated carbocycles. The summed E-state index contributed by atoms with van der Waals surface area (Å²) in [4.78, 5) is 28.9. The van der Waals surface area contributed by atoms with Crippen molar-refractivity contribution in [1.82, 2.24) is 4.98 Å². The van der Waals surface area contributed by atoms with Gasteiger partial charge in [0, 0.05) is 16.5 Å². The molecule has 1 aromatic heterocycles. The number of rotatable bonds is 6. The lowest BCUT2D eigenvalue weighted by molar-refractivity contribution is -0.385. The molecule has 144 valence electrons. The smallest absolute Gasteiger partial charge is 0.282 e. The number of benzene rings is 2. The standard InChI is InChI=1S/C21H21N3O3S/c1-4-7-18-19(15-11-10-13(2)14(3)12-15)22-21(28-18)23-20(25)16-8-5-6-9-17(16)24(26)27/h5-6,8-12H,4,7H2,1-3H3,(H,22,23,25). The highest BCUT2D eigenvalue weighted by Crippen LogP contribution is 2.33. The van der Waals surface area contributed by atoms with Gasteiger partial charge in [0.15, 0.2) is 5.13 Å². The lowest BCUT2D eigenvalue weighted by Crippen LogP contribution is -2.13. The summed E-state index contributed by atoms with van der Waals surface area (Å²) in [6.07, 6.45) is 1.80. The predicted molar refractivity (Wildman–Crippen MR) is 112 cm³/mol. The van der Waals surface area contributed by atoms with E-state index in [2.05, 4.69) is 43.2 Å². The number of aryl methyl sites for hydroxylation is 3. The monoisotopic (exact) mass is 395 g/mol. The van der Waals surface area contributed by atoms with Crippen molar-refractivity contribution in [3.8, 4) is 11.3 Å². The van der Waals surface area contributed by atoms with Crippen molar-refractivity contribution in [3.63, 3.8) is 0 Å². The summed E-state index contributed by atoms with van der Waals surface area (Å²) in [7, 11) is 0. The van der Waals surface area contributed by atoms with Crippen LogP contribution < -0.4 is 5.32 Å². The van der Waals surface area contributed by atoms with Crippen molar-refractivity contribution in [1.29, 1.82) is 0 Å². The number of carbonyl (C=O) groups is 1. The second-order valence-electron chi connectivity index (χ2n) is 6.57. The van der Waals surface area contributed by atoms with Gasteiger partial charge in [-0.05, 0) is 43.5 Å². The van der Waals surface area contributed by atoms with E-state index >= 15 is 0 Å². The van der Waals surface area contributed by atoms with Gasteiger partial charge in [-0.1, -0.05) is 37.6 Å². The number of carbonyl (C=O) groups excluding carboxylic acids is 1. The van der Waals surface area contributed by atoms with E-state index < -0.39 is 10.8 Å². The first kappa shape index (κ1) is 19.7. The molecule has 28 heavy (non-hydrogen) atoms. The average molecular weight is 395 g/mol. The maximum atomic E-state index is 12.6. The Morgan fingerprint density at radius 1 is 1.18 bits per heavy atom. The minimum absolute atomic E-state index is 0.0208. The van der Waals surface area contributed by atoms with Crippen molar-refractivity contribution in [3.05, 3.63) is 74.1 Å². The second kappa shape index (κ2) is 8.31. The second-order valence-corrected chi connectivity index (χ2v) is 7.65. The molecule has 0 atom stereocenters. The molecule has 0 bridgehead atoms. The lowest BCUT2D eigenvalue weighted by atomic mass is 10.0. The fraction of sp³-hybridized carbons (Fsp3) is 0.238. The van der Waals surface area contributed by atoms with Crippen LogP contribution in [0.15, 0.2) is 42.5 Å². The van der Waals surface area contributed by atoms with Gasteiger partial charge < -0.3 is 0 Å². The highest BCUT2D eigenvalue weighted by molar-refractivity contribution is 7.16. The summed E-state index contributed by atoms with van der Waals surface area (Å²) in [5, 5.41) is 14.4. The van der Waals surface area contributed by atoms with Crippen LogP contribution in [-0.2, 0) is 6.42 Å². The summed E-state index contributed by atoms with van der Waals surface area (Å²) >= 11 is 1.41. The average Bonchev–Trinajstić information content (AvgIpc) is 3.06. The number of nitrogens with zero attached hydrogens (tertiary/aromatic N) is 2. The Bertz CT molecular complexity index is 1040. The third kappa shape index (κ3) is 4.09. The molecule has 0 aliphatic rings. The van der Waals surface area contributed by atoms with Crippen LogP contribution in [0.2, 0.25) is 0 Å². The van der Waals surface area contributed by atoms with Crippen molar-refractivity contribution in [2.24, 2.45) is 0 Å². The Hall–Kier alpha value is -3.06. The Morgan fingerprint density at radius 3 is 2.61 bits per heavy atom. The molecule has 1 amide bonds. The van der Waals surface area contributed by atoms with Crippen LogP contribution in [-0.4, -0.2) is 15.8 Å². The zero-order valence-electron chi connectivity index (χ0n) is 16.0. The summed E-state index contributed by atoms with van der Waals surface area (Å²) in [5.41, 5.74) is 4.05. The van der Waals surface area contributed by atoms with Crippen LogP contribution in [0.5, 0.6) is 0 Å². The predicted octanol–water partition coefficient (Wildman–Crippen LogP) is 5.54.